The fraction of sp³-hybridized carbons (Fsp3) is 0.714. The van der Waals surface area contributed by atoms with Crippen molar-refractivity contribution >= 4 is 23.6 Å². The number of amides is 4. The van der Waals surface area contributed by atoms with Crippen molar-refractivity contribution in [1.29, 1.82) is 0 Å². The maximum absolute atomic E-state index is 12.5. The zero-order chi connectivity index (χ0) is 15.1. The van der Waals surface area contributed by atoms with Gasteiger partial charge in [0.1, 0.15) is 12.6 Å². The maximum atomic E-state index is 12.5. The molecule has 2 aliphatic heterocycles. The van der Waals surface area contributed by atoms with Gasteiger partial charge in [-0.2, -0.15) is 0 Å². The minimum absolute atomic E-state index is 0.000639. The standard InChI is InChI=1S/C14H19N3O4/c1-8-13(20)15-11(18)7-17(8)14(21)10-4-12(19)16(6-10)5-9-2-3-9/h8-10H,2-7H2,1H3,(H,15,18,20). The monoisotopic (exact) mass is 293 g/mol. The Morgan fingerprint density at radius 1 is 1.29 bits per heavy atom. The van der Waals surface area contributed by atoms with E-state index in [1.165, 1.54) is 4.90 Å². The van der Waals surface area contributed by atoms with Gasteiger partial charge in [-0.25, -0.2) is 0 Å². The van der Waals surface area contributed by atoms with Gasteiger partial charge in [0.15, 0.2) is 0 Å². The topological polar surface area (TPSA) is 86.8 Å². The van der Waals surface area contributed by atoms with Gasteiger partial charge in [-0.05, 0) is 25.7 Å². The lowest BCUT2D eigenvalue weighted by Gasteiger charge is -2.33. The Kier molecular flexibility index (Phi) is 3.43. The molecule has 0 aromatic rings. The zero-order valence-corrected chi connectivity index (χ0v) is 12.0. The molecule has 3 fully saturated rings. The summed E-state index contributed by atoms with van der Waals surface area (Å²) in [7, 11) is 0. The first-order valence-corrected chi connectivity index (χ1v) is 7.37. The van der Waals surface area contributed by atoms with Gasteiger partial charge in [0.2, 0.25) is 23.6 Å². The molecule has 2 atom stereocenters. The molecular weight excluding hydrogens is 274 g/mol. The van der Waals surface area contributed by atoms with Crippen LogP contribution in [0.4, 0.5) is 0 Å². The molecule has 1 N–H and O–H groups in total. The van der Waals surface area contributed by atoms with Crippen LogP contribution in [0.25, 0.3) is 0 Å². The largest absolute Gasteiger partial charge is 0.342 e. The van der Waals surface area contributed by atoms with Crippen molar-refractivity contribution in [1.82, 2.24) is 15.1 Å². The van der Waals surface area contributed by atoms with Crippen molar-refractivity contribution in [2.75, 3.05) is 19.6 Å². The van der Waals surface area contributed by atoms with Crippen LogP contribution >= 0.6 is 0 Å². The lowest BCUT2D eigenvalue weighted by atomic mass is 10.0. The summed E-state index contributed by atoms with van der Waals surface area (Å²) >= 11 is 0. The van der Waals surface area contributed by atoms with Crippen LogP contribution in [0.1, 0.15) is 26.2 Å². The fourth-order valence-electron chi connectivity index (χ4n) is 2.94. The van der Waals surface area contributed by atoms with E-state index in [1.807, 2.05) is 0 Å². The lowest BCUT2D eigenvalue weighted by Crippen LogP contribution is -2.59. The molecule has 1 aliphatic carbocycles. The number of nitrogens with zero attached hydrogens (tertiary/aromatic N) is 2. The minimum atomic E-state index is -0.664. The third-order valence-corrected chi connectivity index (χ3v) is 4.45. The molecule has 0 spiro atoms. The predicted octanol–water partition coefficient (Wildman–Crippen LogP) is -0.882. The smallest absolute Gasteiger partial charge is 0.249 e. The van der Waals surface area contributed by atoms with Crippen molar-refractivity contribution in [2.24, 2.45) is 11.8 Å². The second-order valence-corrected chi connectivity index (χ2v) is 6.20. The summed E-state index contributed by atoms with van der Waals surface area (Å²) in [5, 5.41) is 2.21. The molecular formula is C14H19N3O4. The quantitative estimate of drug-likeness (QED) is 0.685. The molecule has 2 saturated heterocycles. The molecule has 3 aliphatic rings. The molecule has 21 heavy (non-hydrogen) atoms. The summed E-state index contributed by atoms with van der Waals surface area (Å²) < 4.78 is 0. The average Bonchev–Trinajstić information content (AvgIpc) is 3.17. The molecule has 0 aromatic carbocycles. The Morgan fingerprint density at radius 2 is 2.00 bits per heavy atom. The van der Waals surface area contributed by atoms with Gasteiger partial charge < -0.3 is 9.80 Å². The maximum Gasteiger partial charge on any atom is 0.249 e. The summed E-state index contributed by atoms with van der Waals surface area (Å²) in [4.78, 5) is 50.5. The highest BCUT2D eigenvalue weighted by atomic mass is 16.2. The van der Waals surface area contributed by atoms with E-state index in [4.69, 9.17) is 0 Å². The van der Waals surface area contributed by atoms with Gasteiger partial charge in [0.05, 0.1) is 5.92 Å². The Morgan fingerprint density at radius 3 is 2.67 bits per heavy atom. The van der Waals surface area contributed by atoms with E-state index < -0.39 is 23.8 Å². The van der Waals surface area contributed by atoms with E-state index in [2.05, 4.69) is 5.32 Å². The molecule has 3 rings (SSSR count). The molecule has 1 saturated carbocycles. The van der Waals surface area contributed by atoms with Crippen LogP contribution in [0.2, 0.25) is 0 Å². The summed E-state index contributed by atoms with van der Waals surface area (Å²) in [6.45, 7) is 2.63. The van der Waals surface area contributed by atoms with Gasteiger partial charge in [-0.15, -0.1) is 0 Å². The highest BCUT2D eigenvalue weighted by molar-refractivity contribution is 6.04. The number of nitrogens with one attached hydrogen (secondary N) is 1. The van der Waals surface area contributed by atoms with Gasteiger partial charge >= 0.3 is 0 Å². The number of likely N-dealkylation sites (tertiary alicyclic amines) is 1. The highest BCUT2D eigenvalue weighted by Crippen LogP contribution is 2.32. The van der Waals surface area contributed by atoms with E-state index in [1.54, 1.807) is 11.8 Å². The predicted molar refractivity (Wildman–Crippen MR) is 71.7 cm³/mol. The summed E-state index contributed by atoms with van der Waals surface area (Å²) in [6.07, 6.45) is 2.49. The molecule has 2 unspecified atom stereocenters. The van der Waals surface area contributed by atoms with Crippen LogP contribution in [-0.2, 0) is 19.2 Å². The minimum Gasteiger partial charge on any atom is -0.342 e. The third kappa shape index (κ3) is 2.77. The molecule has 4 amide bonds. The third-order valence-electron chi connectivity index (χ3n) is 4.45. The lowest BCUT2D eigenvalue weighted by molar-refractivity contribution is -0.151. The van der Waals surface area contributed by atoms with Crippen molar-refractivity contribution in [3.8, 4) is 0 Å². The second kappa shape index (κ2) is 5.13. The molecule has 0 aromatic heterocycles. The number of hydrogen-bond donors (Lipinski definition) is 1. The molecule has 7 heteroatoms. The number of imide groups is 1. The highest BCUT2D eigenvalue weighted by Gasteiger charge is 2.42. The van der Waals surface area contributed by atoms with E-state index >= 15 is 0 Å². The van der Waals surface area contributed by atoms with Crippen molar-refractivity contribution < 1.29 is 19.2 Å². The summed E-state index contributed by atoms with van der Waals surface area (Å²) in [5.74, 6) is -1.04. The first kappa shape index (κ1) is 14.0. The van der Waals surface area contributed by atoms with Crippen LogP contribution in [0, 0.1) is 11.8 Å². The van der Waals surface area contributed by atoms with E-state index in [-0.39, 0.29) is 24.8 Å². The fourth-order valence-corrected chi connectivity index (χ4v) is 2.94. The van der Waals surface area contributed by atoms with Crippen LogP contribution in [0.5, 0.6) is 0 Å². The molecule has 0 bridgehead atoms. The Balaban J connectivity index is 1.65. The molecule has 2 heterocycles. The SMILES string of the molecule is CC1C(=O)NC(=O)CN1C(=O)C1CC(=O)N(CC2CC2)C1. The van der Waals surface area contributed by atoms with Gasteiger partial charge in [0.25, 0.3) is 0 Å². The van der Waals surface area contributed by atoms with Gasteiger partial charge in [0, 0.05) is 19.5 Å². The van der Waals surface area contributed by atoms with Gasteiger partial charge in [-0.1, -0.05) is 0 Å². The molecule has 7 nitrogen and oxygen atoms in total. The first-order chi connectivity index (χ1) is 9.95. The van der Waals surface area contributed by atoms with E-state index in [9.17, 15) is 19.2 Å². The number of carbonyl (C=O) groups is 4. The van der Waals surface area contributed by atoms with E-state index in [0.717, 1.165) is 19.4 Å². The summed E-state index contributed by atoms with van der Waals surface area (Å²) in [6, 6.07) is -0.664. The Labute approximate surface area is 122 Å². The second-order valence-electron chi connectivity index (χ2n) is 6.20. The Hall–Kier alpha value is -1.92. The van der Waals surface area contributed by atoms with Crippen molar-refractivity contribution in [2.45, 2.75) is 32.2 Å². The molecule has 114 valence electrons. The van der Waals surface area contributed by atoms with Crippen LogP contribution in [-0.4, -0.2) is 59.1 Å². The normalized spacial score (nSPS) is 29.9. The number of piperazine rings is 1. The average molecular weight is 293 g/mol. The van der Waals surface area contributed by atoms with Crippen molar-refractivity contribution in [3.05, 3.63) is 0 Å². The van der Waals surface area contributed by atoms with Gasteiger partial charge in [-0.3, -0.25) is 24.5 Å². The van der Waals surface area contributed by atoms with Crippen LogP contribution in [0.3, 0.4) is 0 Å². The van der Waals surface area contributed by atoms with Crippen molar-refractivity contribution in [3.63, 3.8) is 0 Å². The number of hydrogen-bond acceptors (Lipinski definition) is 4. The van der Waals surface area contributed by atoms with Crippen LogP contribution in [0.15, 0.2) is 0 Å². The molecule has 0 radical (unpaired) electrons. The zero-order valence-electron chi connectivity index (χ0n) is 12.0. The number of rotatable bonds is 3. The van der Waals surface area contributed by atoms with E-state index in [0.29, 0.717) is 12.5 Å². The number of carbonyl (C=O) groups excluding carboxylic acids is 4. The van der Waals surface area contributed by atoms with Crippen LogP contribution < -0.4 is 5.32 Å². The first-order valence-electron chi connectivity index (χ1n) is 7.37. The summed E-state index contributed by atoms with van der Waals surface area (Å²) in [5.41, 5.74) is 0. The Bertz CT molecular complexity index is 514.